The summed E-state index contributed by atoms with van der Waals surface area (Å²) in [6.07, 6.45) is 0. The van der Waals surface area contributed by atoms with Gasteiger partial charge in [-0.05, 0) is 11.3 Å². The average molecular weight is 232 g/mol. The zero-order valence-electron chi connectivity index (χ0n) is 6.82. The molecule has 0 N–H and O–H groups in total. The molecule has 0 heterocycles. The minimum atomic E-state index is -0.235. The van der Waals surface area contributed by atoms with Crippen molar-refractivity contribution in [3.8, 4) is 0 Å². The number of hydrogen-bond acceptors (Lipinski definition) is 0. The summed E-state index contributed by atoms with van der Waals surface area (Å²) < 4.78 is 0. The quantitative estimate of drug-likeness (QED) is 0.473. The molecule has 0 atom stereocenters. The summed E-state index contributed by atoms with van der Waals surface area (Å²) in [6.45, 7) is 4.66. The molecule has 0 aliphatic heterocycles. The van der Waals surface area contributed by atoms with Crippen LogP contribution in [0.3, 0.4) is 0 Å². The van der Waals surface area contributed by atoms with Crippen molar-refractivity contribution in [3.63, 3.8) is 0 Å². The minimum absolute atomic E-state index is 0. The van der Waals surface area contributed by atoms with Crippen LogP contribution in [0, 0.1) is 0 Å². The number of benzene rings is 1. The van der Waals surface area contributed by atoms with Gasteiger partial charge < -0.3 is 0 Å². The SMILES string of the molecule is C[PH+](C)c1ccccc1[SiH2].[Cu]. The Kier molecular flexibility index (Phi) is 5.29. The van der Waals surface area contributed by atoms with Crippen LogP contribution in [-0.4, -0.2) is 23.6 Å². The molecular weight excluding hydrogens is 219 g/mol. The normalized spacial score (nSPS) is 9.45. The monoisotopic (exact) mass is 231 g/mol. The van der Waals surface area contributed by atoms with Crippen LogP contribution in [0.1, 0.15) is 0 Å². The molecule has 1 aromatic rings. The van der Waals surface area contributed by atoms with E-state index in [1.54, 1.807) is 5.30 Å². The van der Waals surface area contributed by atoms with Crippen molar-refractivity contribution in [1.82, 2.24) is 0 Å². The predicted octanol–water partition coefficient (Wildman–Crippen LogP) is 0.0416. The molecule has 64 valence electrons. The van der Waals surface area contributed by atoms with E-state index in [1.165, 1.54) is 5.19 Å². The molecule has 0 spiro atoms. The van der Waals surface area contributed by atoms with E-state index >= 15 is 0 Å². The second-order valence-electron chi connectivity index (χ2n) is 2.66. The largest absolute Gasteiger partial charge is 0.0891 e. The molecule has 0 nitrogen and oxygen atoms in total. The van der Waals surface area contributed by atoms with E-state index in [0.717, 1.165) is 0 Å². The van der Waals surface area contributed by atoms with Gasteiger partial charge in [-0.1, -0.05) is 18.2 Å². The molecule has 0 saturated carbocycles. The third-order valence-corrected chi connectivity index (χ3v) is 4.09. The van der Waals surface area contributed by atoms with Crippen molar-refractivity contribution in [2.45, 2.75) is 0 Å². The summed E-state index contributed by atoms with van der Waals surface area (Å²) in [5.41, 5.74) is 0. The Bertz CT molecular complexity index is 225. The van der Waals surface area contributed by atoms with E-state index in [1.807, 2.05) is 10.2 Å². The van der Waals surface area contributed by atoms with Gasteiger partial charge in [-0.15, -0.1) is 0 Å². The van der Waals surface area contributed by atoms with Crippen molar-refractivity contribution in [3.05, 3.63) is 24.3 Å². The number of hydrogen-bond donors (Lipinski definition) is 0. The van der Waals surface area contributed by atoms with Gasteiger partial charge in [-0.25, -0.2) is 0 Å². The molecule has 0 amide bonds. The molecule has 3 heteroatoms. The Morgan fingerprint density at radius 2 is 1.73 bits per heavy atom. The van der Waals surface area contributed by atoms with Gasteiger partial charge in [0.25, 0.3) is 0 Å². The molecule has 11 heavy (non-hydrogen) atoms. The maximum Gasteiger partial charge on any atom is 0.0891 e. The van der Waals surface area contributed by atoms with Gasteiger partial charge in [0.2, 0.25) is 0 Å². The fourth-order valence-electron chi connectivity index (χ4n) is 1.01. The first-order valence-corrected chi connectivity index (χ1v) is 6.64. The van der Waals surface area contributed by atoms with Crippen LogP contribution < -0.4 is 10.5 Å². The fourth-order valence-corrected chi connectivity index (χ4v) is 3.48. The molecule has 0 bridgehead atoms. The van der Waals surface area contributed by atoms with E-state index in [4.69, 9.17) is 0 Å². The second kappa shape index (κ2) is 5.11. The molecule has 0 aliphatic carbocycles. The molecular formula is C8H13CuPSi+. The molecule has 1 rings (SSSR count). The maximum atomic E-state index is 2.33. The van der Waals surface area contributed by atoms with Crippen LogP contribution in [0.4, 0.5) is 0 Å². The van der Waals surface area contributed by atoms with E-state index in [0.29, 0.717) is 0 Å². The minimum Gasteiger partial charge on any atom is -0.0621 e. The van der Waals surface area contributed by atoms with E-state index < -0.39 is 0 Å². The van der Waals surface area contributed by atoms with E-state index in [2.05, 4.69) is 37.6 Å². The molecule has 2 radical (unpaired) electrons. The summed E-state index contributed by atoms with van der Waals surface area (Å²) in [5, 5.41) is 3.05. The first-order valence-electron chi connectivity index (χ1n) is 3.43. The summed E-state index contributed by atoms with van der Waals surface area (Å²) in [7, 11) is 1.75. The Morgan fingerprint density at radius 3 is 2.09 bits per heavy atom. The molecule has 0 aliphatic rings. The summed E-state index contributed by atoms with van der Waals surface area (Å²) in [6, 6.07) is 8.68. The van der Waals surface area contributed by atoms with Crippen LogP contribution in [0.15, 0.2) is 24.3 Å². The molecule has 0 saturated heterocycles. The van der Waals surface area contributed by atoms with E-state index in [9.17, 15) is 0 Å². The number of rotatable bonds is 1. The second-order valence-corrected chi connectivity index (χ2v) is 5.96. The van der Waals surface area contributed by atoms with Crippen LogP contribution in [0.25, 0.3) is 0 Å². The van der Waals surface area contributed by atoms with Crippen molar-refractivity contribution in [2.24, 2.45) is 0 Å². The molecule has 0 unspecified atom stereocenters. The van der Waals surface area contributed by atoms with Gasteiger partial charge in [-0.3, -0.25) is 0 Å². The Labute approximate surface area is 83.4 Å². The smallest absolute Gasteiger partial charge is 0.0621 e. The van der Waals surface area contributed by atoms with E-state index in [-0.39, 0.29) is 25.0 Å². The van der Waals surface area contributed by atoms with Crippen molar-refractivity contribution < 1.29 is 17.1 Å². The van der Waals surface area contributed by atoms with Crippen LogP contribution >= 0.6 is 7.92 Å². The first-order chi connectivity index (χ1) is 4.72. The van der Waals surface area contributed by atoms with Gasteiger partial charge in [-0.2, -0.15) is 0 Å². The summed E-state index contributed by atoms with van der Waals surface area (Å²) >= 11 is 0. The molecule has 0 fully saturated rings. The summed E-state index contributed by atoms with van der Waals surface area (Å²) in [5.74, 6) is 0. The third kappa shape index (κ3) is 3.09. The zero-order chi connectivity index (χ0) is 7.56. The van der Waals surface area contributed by atoms with Crippen molar-refractivity contribution in [2.75, 3.05) is 13.3 Å². The van der Waals surface area contributed by atoms with Crippen LogP contribution in [-0.2, 0) is 17.1 Å². The Balaban J connectivity index is 0.000001000. The van der Waals surface area contributed by atoms with Crippen LogP contribution in [0.2, 0.25) is 0 Å². The maximum absolute atomic E-state index is 2.33. The van der Waals surface area contributed by atoms with Gasteiger partial charge in [0, 0.05) is 25.0 Å². The zero-order valence-corrected chi connectivity index (χ0v) is 10.2. The predicted molar refractivity (Wildman–Crippen MR) is 54.4 cm³/mol. The average Bonchev–Trinajstić information content (AvgIpc) is 1.88. The first kappa shape index (κ1) is 11.4. The molecule has 0 aromatic heterocycles. The van der Waals surface area contributed by atoms with Gasteiger partial charge >= 0.3 is 0 Å². The van der Waals surface area contributed by atoms with Crippen LogP contribution in [0.5, 0.6) is 0 Å². The van der Waals surface area contributed by atoms with Gasteiger partial charge in [0.15, 0.2) is 0 Å². The standard InChI is InChI=1S/C8H12PSi.Cu/c1-9(2)7-5-3-4-6-8(7)10;/h3-6H,10H2,1-2H3;/p+1. The van der Waals surface area contributed by atoms with Gasteiger partial charge in [0.05, 0.1) is 28.9 Å². The fraction of sp³-hybridized carbons (Fsp3) is 0.250. The van der Waals surface area contributed by atoms with Gasteiger partial charge in [0.1, 0.15) is 0 Å². The molecule has 1 aromatic carbocycles. The summed E-state index contributed by atoms with van der Waals surface area (Å²) in [4.78, 5) is 0. The van der Waals surface area contributed by atoms with Crippen molar-refractivity contribution in [1.29, 1.82) is 0 Å². The Morgan fingerprint density at radius 1 is 1.18 bits per heavy atom. The third-order valence-electron chi connectivity index (χ3n) is 1.56. The van der Waals surface area contributed by atoms with Crippen molar-refractivity contribution >= 4 is 28.7 Å². The Hall–Kier alpha value is 0.386. The topological polar surface area (TPSA) is 0 Å².